The number of anilines is 1. The number of hydrogen-bond donors (Lipinski definition) is 0. The van der Waals surface area contributed by atoms with Crippen molar-refractivity contribution in [2.75, 3.05) is 24.5 Å². The van der Waals surface area contributed by atoms with E-state index in [2.05, 4.69) is 20.0 Å². The quantitative estimate of drug-likeness (QED) is 0.351. The van der Waals surface area contributed by atoms with E-state index in [0.29, 0.717) is 19.5 Å². The van der Waals surface area contributed by atoms with Crippen LogP contribution in [0.4, 0.5) is 5.69 Å². The second kappa shape index (κ2) is 6.80. The molecule has 0 radical (unpaired) electrons. The number of rotatable bonds is 5. The van der Waals surface area contributed by atoms with E-state index in [4.69, 9.17) is 5.53 Å². The Morgan fingerprint density at radius 2 is 2.16 bits per heavy atom. The summed E-state index contributed by atoms with van der Waals surface area (Å²) in [6.07, 6.45) is 5.99. The van der Waals surface area contributed by atoms with Crippen LogP contribution in [0.2, 0.25) is 0 Å². The molecule has 1 aliphatic heterocycles. The highest BCUT2D eigenvalue weighted by molar-refractivity contribution is 5.43. The molecular formula is C12H18N6O. The summed E-state index contributed by atoms with van der Waals surface area (Å²) < 4.78 is 1.42. The molecule has 0 aliphatic carbocycles. The van der Waals surface area contributed by atoms with Crippen LogP contribution in [0, 0.1) is 0 Å². The van der Waals surface area contributed by atoms with Gasteiger partial charge in [-0.15, -0.1) is 0 Å². The summed E-state index contributed by atoms with van der Waals surface area (Å²) in [5, 5.41) is 7.62. The second-order valence-electron chi connectivity index (χ2n) is 4.63. The van der Waals surface area contributed by atoms with Gasteiger partial charge >= 0.3 is 0 Å². The van der Waals surface area contributed by atoms with E-state index in [-0.39, 0.29) is 5.56 Å². The predicted octanol–water partition coefficient (Wildman–Crippen LogP) is 1.93. The van der Waals surface area contributed by atoms with Crippen molar-refractivity contribution >= 4 is 5.69 Å². The first-order valence-electron chi connectivity index (χ1n) is 6.64. The maximum Gasteiger partial charge on any atom is 0.268 e. The van der Waals surface area contributed by atoms with E-state index in [0.717, 1.165) is 18.8 Å². The number of aromatic nitrogens is 2. The molecule has 1 aliphatic rings. The van der Waals surface area contributed by atoms with Crippen molar-refractivity contribution in [1.29, 1.82) is 0 Å². The van der Waals surface area contributed by atoms with Crippen LogP contribution >= 0.6 is 0 Å². The lowest BCUT2D eigenvalue weighted by atomic mass is 10.1. The zero-order chi connectivity index (χ0) is 13.5. The van der Waals surface area contributed by atoms with Gasteiger partial charge in [-0.1, -0.05) is 5.11 Å². The third-order valence-electron chi connectivity index (χ3n) is 3.27. The third-order valence-corrected chi connectivity index (χ3v) is 3.27. The minimum atomic E-state index is -0.0935. The molecule has 0 unspecified atom stereocenters. The van der Waals surface area contributed by atoms with Gasteiger partial charge in [0.05, 0.1) is 11.9 Å². The molecule has 7 heteroatoms. The molecular weight excluding hydrogens is 244 g/mol. The first kappa shape index (κ1) is 13.4. The van der Waals surface area contributed by atoms with Crippen LogP contribution in [0.3, 0.4) is 0 Å². The normalized spacial score (nSPS) is 15.1. The molecule has 2 rings (SSSR count). The van der Waals surface area contributed by atoms with Gasteiger partial charge in [-0.05, 0) is 31.2 Å². The summed E-state index contributed by atoms with van der Waals surface area (Å²) in [6, 6.07) is 1.64. The van der Waals surface area contributed by atoms with E-state index in [1.165, 1.54) is 23.9 Å². The van der Waals surface area contributed by atoms with Crippen molar-refractivity contribution < 1.29 is 0 Å². The molecule has 0 bridgehead atoms. The van der Waals surface area contributed by atoms with Crippen molar-refractivity contribution in [2.45, 2.75) is 32.2 Å². The molecule has 2 heterocycles. The van der Waals surface area contributed by atoms with Gasteiger partial charge in [-0.3, -0.25) is 4.79 Å². The number of hydrogen-bond acceptors (Lipinski definition) is 4. The van der Waals surface area contributed by atoms with Crippen molar-refractivity contribution in [2.24, 2.45) is 5.11 Å². The summed E-state index contributed by atoms with van der Waals surface area (Å²) >= 11 is 0. The van der Waals surface area contributed by atoms with E-state index >= 15 is 0 Å². The summed E-state index contributed by atoms with van der Waals surface area (Å²) in [4.78, 5) is 16.8. The Morgan fingerprint density at radius 3 is 2.84 bits per heavy atom. The van der Waals surface area contributed by atoms with Gasteiger partial charge in [0.1, 0.15) is 0 Å². The molecule has 0 aromatic carbocycles. The number of aryl methyl sites for hydroxylation is 1. The lowest BCUT2D eigenvalue weighted by Gasteiger charge is -2.28. The third kappa shape index (κ3) is 3.72. The summed E-state index contributed by atoms with van der Waals surface area (Å²) in [5.74, 6) is 0. The molecule has 0 N–H and O–H groups in total. The molecule has 0 atom stereocenters. The van der Waals surface area contributed by atoms with Gasteiger partial charge in [0.15, 0.2) is 0 Å². The molecule has 1 saturated heterocycles. The lowest BCUT2D eigenvalue weighted by molar-refractivity contribution is 0.545. The molecule has 0 spiro atoms. The highest BCUT2D eigenvalue weighted by atomic mass is 16.1. The molecule has 102 valence electrons. The van der Waals surface area contributed by atoms with Crippen LogP contribution < -0.4 is 10.5 Å². The van der Waals surface area contributed by atoms with Gasteiger partial charge in [-0.2, -0.15) is 5.10 Å². The van der Waals surface area contributed by atoms with Crippen LogP contribution in [0.5, 0.6) is 0 Å². The van der Waals surface area contributed by atoms with Crippen molar-refractivity contribution in [3.8, 4) is 0 Å². The Hall–Kier alpha value is -2.01. The average molecular weight is 262 g/mol. The highest BCUT2D eigenvalue weighted by Crippen LogP contribution is 2.16. The van der Waals surface area contributed by atoms with Crippen LogP contribution in [0.15, 0.2) is 22.2 Å². The largest absolute Gasteiger partial charge is 0.370 e. The van der Waals surface area contributed by atoms with Crippen LogP contribution in [0.25, 0.3) is 10.4 Å². The minimum Gasteiger partial charge on any atom is -0.370 e. The van der Waals surface area contributed by atoms with Gasteiger partial charge in [0, 0.05) is 37.2 Å². The van der Waals surface area contributed by atoms with E-state index in [1.807, 2.05) is 0 Å². The summed E-state index contributed by atoms with van der Waals surface area (Å²) in [5.41, 5.74) is 8.99. The summed E-state index contributed by atoms with van der Waals surface area (Å²) in [6.45, 7) is 2.88. The van der Waals surface area contributed by atoms with Crippen molar-refractivity contribution in [1.82, 2.24) is 9.78 Å². The van der Waals surface area contributed by atoms with E-state index < -0.39 is 0 Å². The fourth-order valence-corrected chi connectivity index (χ4v) is 2.25. The Morgan fingerprint density at radius 1 is 1.37 bits per heavy atom. The maximum absolute atomic E-state index is 11.9. The zero-order valence-corrected chi connectivity index (χ0v) is 10.9. The maximum atomic E-state index is 11.9. The first-order valence-corrected chi connectivity index (χ1v) is 6.64. The van der Waals surface area contributed by atoms with Crippen molar-refractivity contribution in [3.63, 3.8) is 0 Å². The first-order chi connectivity index (χ1) is 9.31. The Bertz CT molecular complexity index is 513. The lowest BCUT2D eigenvalue weighted by Crippen LogP contribution is -2.32. The van der Waals surface area contributed by atoms with Gasteiger partial charge in [0.25, 0.3) is 5.56 Å². The minimum absolute atomic E-state index is 0.0935. The smallest absolute Gasteiger partial charge is 0.268 e. The second-order valence-corrected chi connectivity index (χ2v) is 4.63. The SMILES string of the molecule is [N-]=[N+]=NCCCn1ncc(N2CCCCC2)cc1=O. The van der Waals surface area contributed by atoms with Crippen molar-refractivity contribution in [3.05, 3.63) is 33.1 Å². The molecule has 1 fully saturated rings. The van der Waals surface area contributed by atoms with Gasteiger partial charge < -0.3 is 4.90 Å². The fourth-order valence-electron chi connectivity index (χ4n) is 2.25. The Kier molecular flexibility index (Phi) is 4.80. The number of azide groups is 1. The summed E-state index contributed by atoms with van der Waals surface area (Å²) in [7, 11) is 0. The van der Waals surface area contributed by atoms with Gasteiger partial charge in [-0.25, -0.2) is 4.68 Å². The zero-order valence-electron chi connectivity index (χ0n) is 10.9. The highest BCUT2D eigenvalue weighted by Gasteiger charge is 2.12. The molecule has 19 heavy (non-hydrogen) atoms. The number of nitrogens with zero attached hydrogens (tertiary/aromatic N) is 6. The fraction of sp³-hybridized carbons (Fsp3) is 0.667. The molecule has 7 nitrogen and oxygen atoms in total. The molecule has 1 aromatic heterocycles. The molecule has 0 amide bonds. The topological polar surface area (TPSA) is 86.9 Å². The molecule has 1 aromatic rings. The number of piperidine rings is 1. The van der Waals surface area contributed by atoms with Crippen LogP contribution in [0.1, 0.15) is 25.7 Å². The molecule has 0 saturated carbocycles. The van der Waals surface area contributed by atoms with Gasteiger partial charge in [0.2, 0.25) is 0 Å². The monoisotopic (exact) mass is 262 g/mol. The van der Waals surface area contributed by atoms with E-state index in [9.17, 15) is 4.79 Å². The Labute approximate surface area is 111 Å². The van der Waals surface area contributed by atoms with Crippen LogP contribution in [-0.2, 0) is 6.54 Å². The Balaban J connectivity index is 2.00. The average Bonchev–Trinajstić information content (AvgIpc) is 2.46. The predicted molar refractivity (Wildman–Crippen MR) is 73.2 cm³/mol. The van der Waals surface area contributed by atoms with E-state index in [1.54, 1.807) is 12.3 Å². The van der Waals surface area contributed by atoms with Crippen LogP contribution in [-0.4, -0.2) is 29.4 Å². The standard InChI is InChI=1S/C12H18N6O/c13-16-14-5-4-8-18-12(19)9-11(10-15-18)17-6-2-1-3-7-17/h9-10H,1-8H2.